The minimum absolute atomic E-state index is 0.0420. The quantitative estimate of drug-likeness (QED) is 0.590. The van der Waals surface area contributed by atoms with Gasteiger partial charge in [-0.05, 0) is 43.3 Å². The third kappa shape index (κ3) is 5.06. The van der Waals surface area contributed by atoms with Gasteiger partial charge in [0.15, 0.2) is 16.6 Å². The molecule has 1 heterocycles. The summed E-state index contributed by atoms with van der Waals surface area (Å²) in [5.74, 6) is 1.45. The Balaban J connectivity index is 1.92. The summed E-state index contributed by atoms with van der Waals surface area (Å²) >= 11 is 5.10. The van der Waals surface area contributed by atoms with Crippen molar-refractivity contribution in [3.8, 4) is 17.2 Å². The molecule has 0 radical (unpaired) electrons. The smallest absolute Gasteiger partial charge is 0.348 e. The number of aryl methyl sites for hydroxylation is 1. The molecule has 138 valence electrons. The van der Waals surface area contributed by atoms with Crippen LogP contribution >= 0.6 is 12.2 Å². The second-order valence-corrected chi connectivity index (χ2v) is 5.76. The summed E-state index contributed by atoms with van der Waals surface area (Å²) < 4.78 is 15.4. The first-order valence-electron chi connectivity index (χ1n) is 7.81. The highest BCUT2D eigenvalue weighted by atomic mass is 32.1. The summed E-state index contributed by atoms with van der Waals surface area (Å²) in [7, 11) is 3.17. The number of nitrogens with zero attached hydrogens (tertiary/aromatic N) is 1. The van der Waals surface area contributed by atoms with Crippen molar-refractivity contribution >= 4 is 23.5 Å². The van der Waals surface area contributed by atoms with Gasteiger partial charge in [0, 0.05) is 18.8 Å². The van der Waals surface area contributed by atoms with Gasteiger partial charge in [0.2, 0.25) is 0 Å². The highest BCUT2D eigenvalue weighted by Gasteiger charge is 2.07. The predicted molar refractivity (Wildman–Crippen MR) is 103 cm³/mol. The molecule has 0 saturated heterocycles. The Morgan fingerprint density at radius 3 is 2.69 bits per heavy atom. The Morgan fingerprint density at radius 1 is 1.31 bits per heavy atom. The first kappa shape index (κ1) is 19.5. The fourth-order valence-electron chi connectivity index (χ4n) is 2.24. The second kappa shape index (κ2) is 9.00. The number of ether oxygens (including phenoxy) is 2. The monoisotopic (exact) mass is 376 g/mol. The van der Waals surface area contributed by atoms with Crippen LogP contribution in [-0.4, -0.2) is 37.2 Å². The van der Waals surface area contributed by atoms with Crippen LogP contribution in [0.1, 0.15) is 16.9 Å². The largest absolute Gasteiger partial charge is 0.507 e. The minimum Gasteiger partial charge on any atom is -0.507 e. The van der Waals surface area contributed by atoms with Crippen molar-refractivity contribution in [2.24, 2.45) is 4.99 Å². The van der Waals surface area contributed by atoms with Gasteiger partial charge in [-0.15, -0.1) is 0 Å². The molecule has 0 saturated carbocycles. The highest BCUT2D eigenvalue weighted by Crippen LogP contribution is 2.27. The molecule has 2 N–H and O–H groups in total. The van der Waals surface area contributed by atoms with E-state index in [0.29, 0.717) is 30.2 Å². The standard InChI is InChI=1S/C18H20N2O5S/c1-11-8-14(21)13(17(22)25-11)10-20-18(26)19-7-6-12-4-5-15(23-2)16(9-12)24-3/h4-5,8-10,21H,6-7H2,1-3H3,(H,19,26)/b20-10+. The number of aliphatic imine (C=N–C) groups is 1. The van der Waals surface area contributed by atoms with Crippen LogP contribution in [0, 0.1) is 6.92 Å². The molecule has 0 amide bonds. The summed E-state index contributed by atoms with van der Waals surface area (Å²) in [6.07, 6.45) is 1.88. The number of methoxy groups -OCH3 is 2. The molecule has 0 atom stereocenters. The molecule has 26 heavy (non-hydrogen) atoms. The van der Waals surface area contributed by atoms with Crippen LogP contribution < -0.4 is 20.4 Å². The lowest BCUT2D eigenvalue weighted by atomic mass is 10.1. The number of aromatic hydroxyl groups is 1. The lowest BCUT2D eigenvalue weighted by Gasteiger charge is -2.10. The van der Waals surface area contributed by atoms with Crippen LogP contribution in [0.5, 0.6) is 17.2 Å². The Bertz CT molecular complexity index is 876. The molecule has 0 bridgehead atoms. The van der Waals surface area contributed by atoms with E-state index in [1.54, 1.807) is 21.1 Å². The third-order valence-electron chi connectivity index (χ3n) is 3.54. The average molecular weight is 376 g/mol. The zero-order valence-corrected chi connectivity index (χ0v) is 15.6. The van der Waals surface area contributed by atoms with Crippen LogP contribution in [0.3, 0.4) is 0 Å². The average Bonchev–Trinajstić information content (AvgIpc) is 2.60. The molecule has 0 spiro atoms. The molecule has 0 aliphatic rings. The zero-order chi connectivity index (χ0) is 19.1. The fourth-order valence-corrected chi connectivity index (χ4v) is 2.40. The molecular weight excluding hydrogens is 356 g/mol. The summed E-state index contributed by atoms with van der Waals surface area (Å²) in [6, 6.07) is 7.01. The predicted octanol–water partition coefficient (Wildman–Crippen LogP) is 2.21. The Hall–Kier alpha value is -2.87. The van der Waals surface area contributed by atoms with Gasteiger partial charge >= 0.3 is 5.63 Å². The van der Waals surface area contributed by atoms with Crippen molar-refractivity contribution in [3.05, 3.63) is 51.6 Å². The van der Waals surface area contributed by atoms with Crippen LogP contribution in [0.4, 0.5) is 0 Å². The molecule has 8 heteroatoms. The number of nitrogens with one attached hydrogen (secondary N) is 1. The van der Waals surface area contributed by atoms with Crippen LogP contribution in [0.15, 0.2) is 38.5 Å². The van der Waals surface area contributed by atoms with Gasteiger partial charge in [0.1, 0.15) is 17.1 Å². The summed E-state index contributed by atoms with van der Waals surface area (Å²) in [5, 5.41) is 12.9. The first-order chi connectivity index (χ1) is 12.4. The van der Waals surface area contributed by atoms with Gasteiger partial charge < -0.3 is 24.3 Å². The second-order valence-electron chi connectivity index (χ2n) is 5.37. The number of hydrogen-bond acceptors (Lipinski definition) is 6. The van der Waals surface area contributed by atoms with E-state index in [1.807, 2.05) is 18.2 Å². The van der Waals surface area contributed by atoms with Crippen LogP contribution in [0.25, 0.3) is 0 Å². The van der Waals surface area contributed by atoms with Crippen LogP contribution in [-0.2, 0) is 6.42 Å². The molecule has 7 nitrogen and oxygen atoms in total. The van der Waals surface area contributed by atoms with E-state index in [-0.39, 0.29) is 16.4 Å². The van der Waals surface area contributed by atoms with Crippen molar-refractivity contribution in [2.75, 3.05) is 20.8 Å². The topological polar surface area (TPSA) is 93.3 Å². The van der Waals surface area contributed by atoms with Gasteiger partial charge in [0.05, 0.1) is 14.2 Å². The van der Waals surface area contributed by atoms with E-state index < -0.39 is 5.63 Å². The Kier molecular flexibility index (Phi) is 6.74. The van der Waals surface area contributed by atoms with Crippen molar-refractivity contribution in [1.82, 2.24) is 5.32 Å². The van der Waals surface area contributed by atoms with E-state index >= 15 is 0 Å². The van der Waals surface area contributed by atoms with Gasteiger partial charge in [-0.1, -0.05) is 6.07 Å². The van der Waals surface area contributed by atoms with Gasteiger partial charge in [0.25, 0.3) is 0 Å². The Labute approximate surface area is 156 Å². The fraction of sp³-hybridized carbons (Fsp3) is 0.278. The van der Waals surface area contributed by atoms with Gasteiger partial charge in [-0.3, -0.25) is 0 Å². The third-order valence-corrected chi connectivity index (χ3v) is 3.79. The minimum atomic E-state index is -0.667. The van der Waals surface area contributed by atoms with E-state index in [1.165, 1.54) is 12.3 Å². The number of hydrogen-bond donors (Lipinski definition) is 2. The molecule has 0 unspecified atom stereocenters. The summed E-state index contributed by atoms with van der Waals surface area (Å²) in [4.78, 5) is 15.7. The van der Waals surface area contributed by atoms with Crippen molar-refractivity contribution in [2.45, 2.75) is 13.3 Å². The zero-order valence-electron chi connectivity index (χ0n) is 14.7. The maximum absolute atomic E-state index is 11.7. The Morgan fingerprint density at radius 2 is 2.04 bits per heavy atom. The molecule has 0 fully saturated rings. The van der Waals surface area contributed by atoms with Crippen molar-refractivity contribution in [3.63, 3.8) is 0 Å². The maximum atomic E-state index is 11.7. The van der Waals surface area contributed by atoms with E-state index in [0.717, 1.165) is 5.56 Å². The van der Waals surface area contributed by atoms with E-state index in [2.05, 4.69) is 10.3 Å². The lowest BCUT2D eigenvalue weighted by molar-refractivity contribution is 0.354. The van der Waals surface area contributed by atoms with Crippen LogP contribution in [0.2, 0.25) is 0 Å². The normalized spacial score (nSPS) is 10.7. The summed E-state index contributed by atoms with van der Waals surface area (Å²) in [5.41, 5.74) is 0.331. The SMILES string of the molecule is COc1ccc(CCNC(=S)/N=C/c2c(O)cc(C)oc2=O)cc1OC. The highest BCUT2D eigenvalue weighted by molar-refractivity contribution is 7.80. The maximum Gasteiger partial charge on any atom is 0.348 e. The molecule has 1 aromatic heterocycles. The number of rotatable bonds is 6. The molecule has 0 aliphatic heterocycles. The molecule has 2 aromatic rings. The van der Waals surface area contributed by atoms with E-state index in [9.17, 15) is 9.90 Å². The summed E-state index contributed by atoms with van der Waals surface area (Å²) in [6.45, 7) is 2.11. The molecule has 2 rings (SSSR count). The molecular formula is C18H20N2O5S. The first-order valence-corrected chi connectivity index (χ1v) is 8.22. The van der Waals surface area contributed by atoms with Gasteiger partial charge in [-0.2, -0.15) is 0 Å². The molecule has 1 aromatic carbocycles. The number of thiocarbonyl (C=S) groups is 1. The molecule has 0 aliphatic carbocycles. The lowest BCUT2D eigenvalue weighted by Crippen LogP contribution is -2.22. The van der Waals surface area contributed by atoms with Crippen molar-refractivity contribution < 1.29 is 19.0 Å². The van der Waals surface area contributed by atoms with Crippen molar-refractivity contribution in [1.29, 1.82) is 0 Å². The van der Waals surface area contributed by atoms with E-state index in [4.69, 9.17) is 26.1 Å². The van der Waals surface area contributed by atoms with Gasteiger partial charge in [-0.25, -0.2) is 9.79 Å². The number of benzene rings is 1.